The van der Waals surface area contributed by atoms with E-state index in [1.54, 1.807) is 6.20 Å². The number of aromatic nitrogens is 2. The highest BCUT2D eigenvalue weighted by molar-refractivity contribution is 8.00. The number of nitrogens with two attached hydrogens (primary N) is 1. The van der Waals surface area contributed by atoms with Crippen molar-refractivity contribution < 1.29 is 0 Å². The van der Waals surface area contributed by atoms with Crippen LogP contribution in [-0.4, -0.2) is 20.3 Å². The van der Waals surface area contributed by atoms with Gasteiger partial charge in [0, 0.05) is 17.0 Å². The molecule has 0 saturated heterocycles. The largest absolute Gasteiger partial charge is 0.322 e. The average Bonchev–Trinajstić information content (AvgIpc) is 2.55. The molecular weight excluding hydrogens is 242 g/mol. The smallest absolute Gasteiger partial charge is 0.0834 e. The summed E-state index contributed by atoms with van der Waals surface area (Å²) in [4.78, 5) is 0. The number of aryl methyl sites for hydroxylation is 1. The van der Waals surface area contributed by atoms with Crippen molar-refractivity contribution in [3.8, 4) is 0 Å². The Morgan fingerprint density at radius 2 is 2.19 bits per heavy atom. The standard InChI is InChI=1S/C11H20ClN3S/c1-5-15-10(8(12)6-14-15)9(13)7-16-11(2,3)4/h6,9H,5,7,13H2,1-4H3. The van der Waals surface area contributed by atoms with Crippen LogP contribution in [0.3, 0.4) is 0 Å². The van der Waals surface area contributed by atoms with Gasteiger partial charge in [0.25, 0.3) is 0 Å². The molecule has 0 aliphatic carbocycles. The highest BCUT2D eigenvalue weighted by Crippen LogP contribution is 2.29. The van der Waals surface area contributed by atoms with Crippen LogP contribution in [0, 0.1) is 0 Å². The van der Waals surface area contributed by atoms with Crippen molar-refractivity contribution in [3.05, 3.63) is 16.9 Å². The zero-order valence-electron chi connectivity index (χ0n) is 10.3. The second-order valence-corrected chi connectivity index (χ2v) is 6.98. The Kier molecular flexibility index (Phi) is 4.71. The summed E-state index contributed by atoms with van der Waals surface area (Å²) < 4.78 is 2.09. The summed E-state index contributed by atoms with van der Waals surface area (Å²) in [5, 5.41) is 4.87. The molecule has 1 rings (SSSR count). The molecule has 0 spiro atoms. The third-order valence-electron chi connectivity index (χ3n) is 2.18. The van der Waals surface area contributed by atoms with Gasteiger partial charge in [0.05, 0.1) is 23.0 Å². The normalized spacial score (nSPS) is 14.1. The molecule has 0 aromatic carbocycles. The van der Waals surface area contributed by atoms with Gasteiger partial charge in [-0.3, -0.25) is 4.68 Å². The molecule has 1 aromatic heterocycles. The maximum Gasteiger partial charge on any atom is 0.0834 e. The van der Waals surface area contributed by atoms with E-state index in [1.165, 1.54) is 0 Å². The fourth-order valence-electron chi connectivity index (χ4n) is 1.41. The van der Waals surface area contributed by atoms with E-state index < -0.39 is 0 Å². The Bertz CT molecular complexity index is 343. The lowest BCUT2D eigenvalue weighted by molar-refractivity contribution is 0.592. The van der Waals surface area contributed by atoms with Gasteiger partial charge in [-0.05, 0) is 6.92 Å². The SMILES string of the molecule is CCn1ncc(Cl)c1C(N)CSC(C)(C)C. The molecule has 1 heterocycles. The van der Waals surface area contributed by atoms with Crippen LogP contribution in [0.5, 0.6) is 0 Å². The highest BCUT2D eigenvalue weighted by Gasteiger charge is 2.19. The molecule has 1 aromatic rings. The van der Waals surface area contributed by atoms with Crippen LogP contribution in [0.1, 0.15) is 39.4 Å². The minimum Gasteiger partial charge on any atom is -0.322 e. The highest BCUT2D eigenvalue weighted by atomic mass is 35.5. The molecule has 1 atom stereocenters. The Balaban J connectivity index is 2.72. The van der Waals surface area contributed by atoms with E-state index in [2.05, 4.69) is 25.9 Å². The van der Waals surface area contributed by atoms with Crippen molar-refractivity contribution in [2.24, 2.45) is 5.73 Å². The number of nitrogens with zero attached hydrogens (tertiary/aromatic N) is 2. The Hall–Kier alpha value is -0.190. The molecule has 5 heteroatoms. The van der Waals surface area contributed by atoms with E-state index in [4.69, 9.17) is 17.3 Å². The zero-order chi connectivity index (χ0) is 12.3. The fraction of sp³-hybridized carbons (Fsp3) is 0.727. The van der Waals surface area contributed by atoms with Crippen molar-refractivity contribution in [2.45, 2.75) is 45.0 Å². The Labute approximate surface area is 107 Å². The van der Waals surface area contributed by atoms with Crippen molar-refractivity contribution in [3.63, 3.8) is 0 Å². The number of hydrogen-bond donors (Lipinski definition) is 1. The van der Waals surface area contributed by atoms with Gasteiger partial charge in [0.2, 0.25) is 0 Å². The van der Waals surface area contributed by atoms with Crippen LogP contribution in [0.15, 0.2) is 6.20 Å². The van der Waals surface area contributed by atoms with Gasteiger partial charge in [-0.15, -0.1) is 0 Å². The van der Waals surface area contributed by atoms with Crippen LogP contribution >= 0.6 is 23.4 Å². The van der Waals surface area contributed by atoms with Crippen molar-refractivity contribution in [1.82, 2.24) is 9.78 Å². The summed E-state index contributed by atoms with van der Waals surface area (Å²) in [6, 6.07) is -0.0563. The average molecular weight is 262 g/mol. The number of rotatable bonds is 4. The lowest BCUT2D eigenvalue weighted by Crippen LogP contribution is -2.21. The molecule has 0 aliphatic heterocycles. The van der Waals surface area contributed by atoms with E-state index in [0.717, 1.165) is 18.0 Å². The van der Waals surface area contributed by atoms with Crippen LogP contribution < -0.4 is 5.73 Å². The number of hydrogen-bond acceptors (Lipinski definition) is 3. The van der Waals surface area contributed by atoms with Crippen molar-refractivity contribution in [2.75, 3.05) is 5.75 Å². The van der Waals surface area contributed by atoms with Gasteiger partial charge >= 0.3 is 0 Å². The van der Waals surface area contributed by atoms with E-state index in [0.29, 0.717) is 5.02 Å². The van der Waals surface area contributed by atoms with Gasteiger partial charge in [0.1, 0.15) is 0 Å². The topological polar surface area (TPSA) is 43.8 Å². The molecule has 0 radical (unpaired) electrons. The van der Waals surface area contributed by atoms with Crippen LogP contribution in [-0.2, 0) is 6.54 Å². The molecule has 92 valence electrons. The monoisotopic (exact) mass is 261 g/mol. The molecule has 1 unspecified atom stereocenters. The molecule has 0 amide bonds. The van der Waals surface area contributed by atoms with Gasteiger partial charge < -0.3 is 5.73 Å². The first-order valence-electron chi connectivity index (χ1n) is 5.46. The molecule has 16 heavy (non-hydrogen) atoms. The quantitative estimate of drug-likeness (QED) is 0.906. The maximum atomic E-state index is 6.16. The Morgan fingerprint density at radius 1 is 1.56 bits per heavy atom. The zero-order valence-corrected chi connectivity index (χ0v) is 11.9. The fourth-order valence-corrected chi connectivity index (χ4v) is 2.53. The van der Waals surface area contributed by atoms with Crippen LogP contribution in [0.25, 0.3) is 0 Å². The lowest BCUT2D eigenvalue weighted by Gasteiger charge is -2.21. The predicted octanol–water partition coefficient (Wildman–Crippen LogP) is 3.09. The molecule has 0 fully saturated rings. The van der Waals surface area contributed by atoms with E-state index in [9.17, 15) is 0 Å². The predicted molar refractivity (Wildman–Crippen MR) is 72.1 cm³/mol. The summed E-state index contributed by atoms with van der Waals surface area (Å²) in [6.45, 7) is 9.39. The first-order valence-corrected chi connectivity index (χ1v) is 6.82. The summed E-state index contributed by atoms with van der Waals surface area (Å²) in [6.07, 6.45) is 1.67. The molecular formula is C11H20ClN3S. The minimum atomic E-state index is -0.0563. The third-order valence-corrected chi connectivity index (χ3v) is 3.86. The molecule has 0 aliphatic rings. The van der Waals surface area contributed by atoms with E-state index in [1.807, 2.05) is 23.4 Å². The maximum absolute atomic E-state index is 6.16. The first kappa shape index (κ1) is 13.9. The third kappa shape index (κ3) is 3.68. The van der Waals surface area contributed by atoms with Crippen LogP contribution in [0.4, 0.5) is 0 Å². The second kappa shape index (κ2) is 5.43. The minimum absolute atomic E-state index is 0.0563. The first-order chi connectivity index (χ1) is 7.35. The van der Waals surface area contributed by atoms with Crippen molar-refractivity contribution in [1.29, 1.82) is 0 Å². The molecule has 2 N–H and O–H groups in total. The summed E-state index contributed by atoms with van der Waals surface area (Å²) in [7, 11) is 0. The lowest BCUT2D eigenvalue weighted by atomic mass is 10.2. The van der Waals surface area contributed by atoms with Crippen LogP contribution in [0.2, 0.25) is 5.02 Å². The summed E-state index contributed by atoms with van der Waals surface area (Å²) in [5.41, 5.74) is 7.10. The summed E-state index contributed by atoms with van der Waals surface area (Å²) in [5.74, 6) is 0.856. The van der Waals surface area contributed by atoms with Gasteiger partial charge in [-0.25, -0.2) is 0 Å². The number of halogens is 1. The number of thioether (sulfide) groups is 1. The molecule has 3 nitrogen and oxygen atoms in total. The summed E-state index contributed by atoms with van der Waals surface area (Å²) >= 11 is 7.94. The Morgan fingerprint density at radius 3 is 2.69 bits per heavy atom. The molecule has 0 saturated carbocycles. The van der Waals surface area contributed by atoms with Crippen molar-refractivity contribution >= 4 is 23.4 Å². The van der Waals surface area contributed by atoms with Gasteiger partial charge in [-0.1, -0.05) is 32.4 Å². The second-order valence-electron chi connectivity index (χ2n) is 4.72. The van der Waals surface area contributed by atoms with Gasteiger partial charge in [-0.2, -0.15) is 16.9 Å². The van der Waals surface area contributed by atoms with E-state index >= 15 is 0 Å². The molecule has 0 bridgehead atoms. The van der Waals surface area contributed by atoms with E-state index in [-0.39, 0.29) is 10.8 Å². The van der Waals surface area contributed by atoms with Gasteiger partial charge in [0.15, 0.2) is 0 Å².